The minimum absolute atomic E-state index is 0.0926. The number of hydrogen-bond donors (Lipinski definition) is 1. The van der Waals surface area contributed by atoms with Gasteiger partial charge in [0.15, 0.2) is 5.78 Å². The van der Waals surface area contributed by atoms with E-state index in [4.69, 9.17) is 11.6 Å². The van der Waals surface area contributed by atoms with Crippen molar-refractivity contribution in [3.8, 4) is 5.82 Å². The lowest BCUT2D eigenvalue weighted by Crippen LogP contribution is -2.13. The Bertz CT molecular complexity index is 1170. The molecule has 0 unspecified atom stereocenters. The van der Waals surface area contributed by atoms with Crippen molar-refractivity contribution in [1.29, 1.82) is 0 Å². The number of imidazole rings is 1. The quantitative estimate of drug-likeness (QED) is 0.473. The first-order valence-electron chi connectivity index (χ1n) is 9.07. The number of fused-ring (bicyclic) bond motifs is 1. The fraction of sp³-hybridized carbons (Fsp3) is 0.0909. The Balaban J connectivity index is 1.36. The lowest BCUT2D eigenvalue weighted by Gasteiger charge is -2.07. The molecule has 29 heavy (non-hydrogen) atoms. The number of nitrogens with one attached hydrogen (secondary N) is 1. The van der Waals surface area contributed by atoms with Gasteiger partial charge in [0.25, 0.3) is 0 Å². The zero-order valence-electron chi connectivity index (χ0n) is 15.4. The van der Waals surface area contributed by atoms with Crippen LogP contribution >= 0.6 is 11.6 Å². The lowest BCUT2D eigenvalue weighted by atomic mass is 10.1. The number of aromatic nitrogens is 3. The van der Waals surface area contributed by atoms with E-state index >= 15 is 0 Å². The molecule has 0 saturated carbocycles. The lowest BCUT2D eigenvalue weighted by molar-refractivity contribution is -0.116. The van der Waals surface area contributed by atoms with Gasteiger partial charge in [-0.3, -0.25) is 14.2 Å². The van der Waals surface area contributed by atoms with Crippen molar-refractivity contribution in [1.82, 2.24) is 14.5 Å². The maximum Gasteiger partial charge on any atom is 0.224 e. The van der Waals surface area contributed by atoms with Gasteiger partial charge in [-0.1, -0.05) is 23.7 Å². The number of para-hydroxylation sites is 2. The minimum Gasteiger partial charge on any atom is -0.325 e. The van der Waals surface area contributed by atoms with E-state index in [1.54, 1.807) is 42.9 Å². The van der Waals surface area contributed by atoms with Gasteiger partial charge in [-0.15, -0.1) is 0 Å². The second-order valence-electron chi connectivity index (χ2n) is 6.49. The van der Waals surface area contributed by atoms with E-state index in [1.165, 1.54) is 0 Å². The van der Waals surface area contributed by atoms with Crippen LogP contribution in [0.15, 0.2) is 73.2 Å². The molecule has 0 fully saturated rings. The van der Waals surface area contributed by atoms with Gasteiger partial charge >= 0.3 is 0 Å². The average Bonchev–Trinajstić information content (AvgIpc) is 3.17. The summed E-state index contributed by atoms with van der Waals surface area (Å²) in [7, 11) is 0. The summed E-state index contributed by atoms with van der Waals surface area (Å²) in [5.41, 5.74) is 2.96. The Kier molecular flexibility index (Phi) is 5.35. The first-order valence-corrected chi connectivity index (χ1v) is 9.45. The van der Waals surface area contributed by atoms with Crippen LogP contribution in [0.5, 0.6) is 0 Å². The standard InChI is InChI=1S/C22H17ClN4O2/c23-16-7-5-15(6-8-16)20(28)10-12-22(29)26-17-9-11-21(24-13-17)27-14-25-18-3-1-2-4-19(18)27/h1-9,11,13-14H,10,12H2,(H,26,29). The van der Waals surface area contributed by atoms with Gasteiger partial charge in [-0.2, -0.15) is 0 Å². The third-order valence-electron chi connectivity index (χ3n) is 4.48. The third kappa shape index (κ3) is 4.33. The topological polar surface area (TPSA) is 76.9 Å². The van der Waals surface area contributed by atoms with Gasteiger partial charge in [0.2, 0.25) is 5.91 Å². The Morgan fingerprint density at radius 2 is 1.72 bits per heavy atom. The number of nitrogens with zero attached hydrogens (tertiary/aromatic N) is 3. The summed E-state index contributed by atoms with van der Waals surface area (Å²) in [6.45, 7) is 0. The molecule has 0 radical (unpaired) electrons. The van der Waals surface area contributed by atoms with Crippen LogP contribution in [0.1, 0.15) is 23.2 Å². The van der Waals surface area contributed by atoms with E-state index in [9.17, 15) is 9.59 Å². The maximum absolute atomic E-state index is 12.2. The Labute approximate surface area is 172 Å². The highest BCUT2D eigenvalue weighted by molar-refractivity contribution is 6.30. The van der Waals surface area contributed by atoms with Crippen molar-refractivity contribution in [2.24, 2.45) is 0 Å². The molecular weight excluding hydrogens is 388 g/mol. The molecule has 0 aliphatic carbocycles. The van der Waals surface area contributed by atoms with Gasteiger partial charge in [0.1, 0.15) is 12.1 Å². The first-order chi connectivity index (χ1) is 14.1. The van der Waals surface area contributed by atoms with Crippen molar-refractivity contribution in [2.75, 3.05) is 5.32 Å². The van der Waals surface area contributed by atoms with Gasteiger partial charge in [-0.05, 0) is 48.5 Å². The van der Waals surface area contributed by atoms with Crippen LogP contribution in [0.2, 0.25) is 5.02 Å². The van der Waals surface area contributed by atoms with E-state index in [-0.39, 0.29) is 24.5 Å². The maximum atomic E-state index is 12.2. The molecule has 0 aliphatic heterocycles. The number of pyridine rings is 1. The summed E-state index contributed by atoms with van der Waals surface area (Å²) in [5.74, 6) is 0.363. The van der Waals surface area contributed by atoms with E-state index in [0.717, 1.165) is 11.0 Å². The van der Waals surface area contributed by atoms with Gasteiger partial charge in [-0.25, -0.2) is 9.97 Å². The van der Waals surface area contributed by atoms with Crippen molar-refractivity contribution < 1.29 is 9.59 Å². The molecule has 6 nitrogen and oxygen atoms in total. The second-order valence-corrected chi connectivity index (χ2v) is 6.92. The van der Waals surface area contributed by atoms with Crippen molar-refractivity contribution >= 4 is 40.0 Å². The van der Waals surface area contributed by atoms with Gasteiger partial charge in [0.05, 0.1) is 22.9 Å². The van der Waals surface area contributed by atoms with Crippen LogP contribution in [-0.4, -0.2) is 26.2 Å². The third-order valence-corrected chi connectivity index (χ3v) is 4.73. The predicted molar refractivity (Wildman–Crippen MR) is 113 cm³/mol. The fourth-order valence-electron chi connectivity index (χ4n) is 2.97. The molecule has 0 atom stereocenters. The minimum atomic E-state index is -0.241. The summed E-state index contributed by atoms with van der Waals surface area (Å²) in [4.78, 5) is 33.1. The highest BCUT2D eigenvalue weighted by Gasteiger charge is 2.10. The van der Waals surface area contributed by atoms with Crippen molar-refractivity contribution in [2.45, 2.75) is 12.8 Å². The zero-order valence-corrected chi connectivity index (χ0v) is 16.1. The molecule has 0 bridgehead atoms. The van der Waals surface area contributed by atoms with Crippen LogP contribution in [-0.2, 0) is 4.79 Å². The molecular formula is C22H17ClN4O2. The number of ketones is 1. The first kappa shape index (κ1) is 18.8. The molecule has 4 aromatic rings. The van der Waals surface area contributed by atoms with Crippen LogP contribution in [0.3, 0.4) is 0 Å². The molecule has 0 aliphatic rings. The van der Waals surface area contributed by atoms with E-state index in [2.05, 4.69) is 15.3 Å². The van der Waals surface area contributed by atoms with Gasteiger partial charge < -0.3 is 5.32 Å². The van der Waals surface area contributed by atoms with Crippen molar-refractivity contribution in [3.63, 3.8) is 0 Å². The Morgan fingerprint density at radius 3 is 2.48 bits per heavy atom. The summed E-state index contributed by atoms with van der Waals surface area (Å²) in [6, 6.07) is 18.0. The zero-order chi connectivity index (χ0) is 20.2. The molecule has 7 heteroatoms. The number of Topliss-reactive ketones (excluding diaryl/α,β-unsaturated/α-hetero) is 1. The molecule has 2 heterocycles. The molecule has 4 rings (SSSR count). The second kappa shape index (κ2) is 8.24. The van der Waals surface area contributed by atoms with E-state index in [0.29, 0.717) is 22.1 Å². The van der Waals surface area contributed by atoms with E-state index < -0.39 is 0 Å². The van der Waals surface area contributed by atoms with Crippen LogP contribution in [0.25, 0.3) is 16.9 Å². The molecule has 2 aromatic carbocycles. The number of benzene rings is 2. The largest absolute Gasteiger partial charge is 0.325 e. The number of amides is 1. The number of carbonyl (C=O) groups excluding carboxylic acids is 2. The number of halogens is 1. The summed E-state index contributed by atoms with van der Waals surface area (Å²) in [6.07, 6.45) is 3.52. The van der Waals surface area contributed by atoms with Crippen LogP contribution < -0.4 is 5.32 Å². The SMILES string of the molecule is O=C(CCC(=O)c1ccc(Cl)cc1)Nc1ccc(-n2cnc3ccccc32)nc1. The normalized spacial score (nSPS) is 10.8. The van der Waals surface area contributed by atoms with Crippen LogP contribution in [0, 0.1) is 0 Å². The number of hydrogen-bond acceptors (Lipinski definition) is 4. The highest BCUT2D eigenvalue weighted by atomic mass is 35.5. The smallest absolute Gasteiger partial charge is 0.224 e. The molecule has 1 amide bonds. The number of carbonyl (C=O) groups is 2. The van der Waals surface area contributed by atoms with Crippen LogP contribution in [0.4, 0.5) is 5.69 Å². The Hall–Kier alpha value is -3.51. The Morgan fingerprint density at radius 1 is 0.931 bits per heavy atom. The molecule has 2 aromatic heterocycles. The van der Waals surface area contributed by atoms with Crippen molar-refractivity contribution in [3.05, 3.63) is 83.8 Å². The summed E-state index contributed by atoms with van der Waals surface area (Å²) < 4.78 is 1.88. The molecule has 1 N–H and O–H groups in total. The molecule has 0 spiro atoms. The molecule has 0 saturated heterocycles. The summed E-state index contributed by atoms with van der Waals surface area (Å²) >= 11 is 5.82. The fourth-order valence-corrected chi connectivity index (χ4v) is 3.10. The van der Waals surface area contributed by atoms with Gasteiger partial charge in [0, 0.05) is 23.4 Å². The average molecular weight is 405 g/mol. The number of rotatable bonds is 6. The predicted octanol–water partition coefficient (Wildman–Crippen LogP) is 4.68. The van der Waals surface area contributed by atoms with E-state index in [1.807, 2.05) is 34.9 Å². The summed E-state index contributed by atoms with van der Waals surface area (Å²) in [5, 5.41) is 3.34. The number of anilines is 1. The molecule has 144 valence electrons. The highest BCUT2D eigenvalue weighted by Crippen LogP contribution is 2.18. The monoisotopic (exact) mass is 404 g/mol.